The van der Waals surface area contributed by atoms with E-state index in [1.807, 2.05) is 6.92 Å². The van der Waals surface area contributed by atoms with Crippen LogP contribution in [0, 0.1) is 12.7 Å². The number of halogens is 2. The highest BCUT2D eigenvalue weighted by Crippen LogP contribution is 2.19. The molecule has 2 aromatic rings. The van der Waals surface area contributed by atoms with Gasteiger partial charge in [0.05, 0.1) is 5.56 Å². The van der Waals surface area contributed by atoms with Gasteiger partial charge in [0.1, 0.15) is 11.6 Å². The van der Waals surface area contributed by atoms with Crippen molar-refractivity contribution in [3.63, 3.8) is 0 Å². The van der Waals surface area contributed by atoms with Gasteiger partial charge in [0.25, 0.3) is 5.91 Å². The molecule has 2 aromatic carbocycles. The quantitative estimate of drug-likeness (QED) is 0.900. The smallest absolute Gasteiger partial charge is 0.255 e. The Morgan fingerprint density at radius 3 is 2.75 bits per heavy atom. The average Bonchev–Trinajstić information content (AvgIpc) is 2.39. The number of aromatic hydroxyl groups is 1. The summed E-state index contributed by atoms with van der Waals surface area (Å²) in [6.45, 7) is 1.87. The molecule has 2 rings (SSSR count). The van der Waals surface area contributed by atoms with Crippen LogP contribution in [0.15, 0.2) is 40.9 Å². The van der Waals surface area contributed by atoms with E-state index in [-0.39, 0.29) is 23.7 Å². The van der Waals surface area contributed by atoms with Gasteiger partial charge < -0.3 is 10.4 Å². The first kappa shape index (κ1) is 14.5. The molecule has 0 bridgehead atoms. The Labute approximate surface area is 124 Å². The van der Waals surface area contributed by atoms with Crippen molar-refractivity contribution in [2.24, 2.45) is 0 Å². The minimum Gasteiger partial charge on any atom is -0.507 e. The lowest BCUT2D eigenvalue weighted by molar-refractivity contribution is 0.0948. The summed E-state index contributed by atoms with van der Waals surface area (Å²) in [5, 5.41) is 12.3. The van der Waals surface area contributed by atoms with Gasteiger partial charge in [-0.15, -0.1) is 0 Å². The monoisotopic (exact) mass is 337 g/mol. The van der Waals surface area contributed by atoms with E-state index in [1.165, 1.54) is 18.2 Å². The maximum Gasteiger partial charge on any atom is 0.255 e. The van der Waals surface area contributed by atoms with E-state index >= 15 is 0 Å². The molecule has 0 aliphatic rings. The van der Waals surface area contributed by atoms with Crippen LogP contribution in [0.5, 0.6) is 5.75 Å². The first-order valence-electron chi connectivity index (χ1n) is 5.99. The molecule has 0 aromatic heterocycles. The third kappa shape index (κ3) is 3.36. The highest BCUT2D eigenvalue weighted by atomic mass is 79.9. The largest absolute Gasteiger partial charge is 0.507 e. The Kier molecular flexibility index (Phi) is 4.39. The van der Waals surface area contributed by atoms with E-state index < -0.39 is 5.91 Å². The van der Waals surface area contributed by atoms with E-state index in [0.717, 1.165) is 10.0 Å². The third-order valence-electron chi connectivity index (χ3n) is 2.85. The van der Waals surface area contributed by atoms with Gasteiger partial charge in [0, 0.05) is 16.6 Å². The van der Waals surface area contributed by atoms with Gasteiger partial charge in [-0.3, -0.25) is 4.79 Å². The second-order valence-corrected chi connectivity index (χ2v) is 5.35. The van der Waals surface area contributed by atoms with Crippen LogP contribution in [0.4, 0.5) is 4.39 Å². The molecule has 3 nitrogen and oxygen atoms in total. The highest BCUT2D eigenvalue weighted by molar-refractivity contribution is 9.10. The Bertz CT molecular complexity index is 658. The first-order chi connectivity index (χ1) is 9.47. The maximum atomic E-state index is 13.5. The minimum absolute atomic E-state index is 0.0530. The van der Waals surface area contributed by atoms with Gasteiger partial charge in [0.15, 0.2) is 0 Å². The number of amides is 1. The molecule has 0 aliphatic heterocycles. The summed E-state index contributed by atoms with van der Waals surface area (Å²) in [4.78, 5) is 11.9. The summed E-state index contributed by atoms with van der Waals surface area (Å²) in [7, 11) is 0. The van der Waals surface area contributed by atoms with Crippen LogP contribution in [0.25, 0.3) is 0 Å². The van der Waals surface area contributed by atoms with E-state index in [4.69, 9.17) is 0 Å². The lowest BCUT2D eigenvalue weighted by Gasteiger charge is -2.08. The van der Waals surface area contributed by atoms with Crippen LogP contribution in [0.1, 0.15) is 21.5 Å². The zero-order chi connectivity index (χ0) is 14.7. The van der Waals surface area contributed by atoms with E-state index in [2.05, 4.69) is 21.2 Å². The van der Waals surface area contributed by atoms with Gasteiger partial charge in [-0.05, 0) is 42.8 Å². The molecular weight excluding hydrogens is 325 g/mol. The molecular formula is C15H13BrFNO2. The number of phenols is 1. The summed E-state index contributed by atoms with van der Waals surface area (Å²) >= 11 is 3.25. The number of carbonyl (C=O) groups excluding carboxylic acids is 1. The highest BCUT2D eigenvalue weighted by Gasteiger charge is 2.11. The summed E-state index contributed by atoms with van der Waals surface area (Å²) in [6, 6.07) is 9.30. The number of nitrogens with one attached hydrogen (secondary N) is 1. The van der Waals surface area contributed by atoms with Crippen LogP contribution in [0.3, 0.4) is 0 Å². The van der Waals surface area contributed by atoms with Crippen molar-refractivity contribution >= 4 is 21.8 Å². The molecule has 0 saturated carbocycles. The molecule has 0 saturated heterocycles. The first-order valence-corrected chi connectivity index (χ1v) is 6.78. The van der Waals surface area contributed by atoms with Gasteiger partial charge in [0.2, 0.25) is 0 Å². The molecule has 0 fully saturated rings. The minimum atomic E-state index is -0.443. The number of hydrogen-bond acceptors (Lipinski definition) is 2. The topological polar surface area (TPSA) is 49.3 Å². The molecule has 0 aliphatic carbocycles. The maximum absolute atomic E-state index is 13.5. The number of carbonyl (C=O) groups is 1. The Morgan fingerprint density at radius 2 is 2.05 bits per heavy atom. The van der Waals surface area contributed by atoms with Gasteiger partial charge in [-0.2, -0.15) is 0 Å². The normalized spacial score (nSPS) is 10.3. The summed E-state index contributed by atoms with van der Waals surface area (Å²) in [6.07, 6.45) is 0. The van der Waals surface area contributed by atoms with Crippen molar-refractivity contribution in [1.29, 1.82) is 0 Å². The zero-order valence-corrected chi connectivity index (χ0v) is 12.4. The average molecular weight is 338 g/mol. The second-order valence-electron chi connectivity index (χ2n) is 4.44. The van der Waals surface area contributed by atoms with Crippen LogP contribution in [-0.2, 0) is 6.54 Å². The fourth-order valence-electron chi connectivity index (χ4n) is 1.78. The van der Waals surface area contributed by atoms with Crippen molar-refractivity contribution in [1.82, 2.24) is 5.32 Å². The van der Waals surface area contributed by atoms with Gasteiger partial charge in [-0.1, -0.05) is 22.0 Å². The lowest BCUT2D eigenvalue weighted by atomic mass is 10.1. The SMILES string of the molecule is Cc1ccc(C(=O)NCc2cc(Br)ccc2F)c(O)c1. The molecule has 104 valence electrons. The van der Waals surface area contributed by atoms with Crippen LogP contribution in [0.2, 0.25) is 0 Å². The van der Waals surface area contributed by atoms with Crippen molar-refractivity contribution < 1.29 is 14.3 Å². The number of rotatable bonds is 3. The van der Waals surface area contributed by atoms with Gasteiger partial charge >= 0.3 is 0 Å². The van der Waals surface area contributed by atoms with E-state index in [0.29, 0.717) is 5.56 Å². The number of phenolic OH excluding ortho intramolecular Hbond substituents is 1. The van der Waals surface area contributed by atoms with Crippen molar-refractivity contribution in [2.45, 2.75) is 13.5 Å². The van der Waals surface area contributed by atoms with Crippen molar-refractivity contribution in [2.75, 3.05) is 0 Å². The molecule has 0 spiro atoms. The number of aryl methyl sites for hydroxylation is 1. The Morgan fingerprint density at radius 1 is 1.30 bits per heavy atom. The van der Waals surface area contributed by atoms with E-state index in [1.54, 1.807) is 18.2 Å². The second kappa shape index (κ2) is 6.05. The Hall–Kier alpha value is -1.88. The number of hydrogen-bond donors (Lipinski definition) is 2. The van der Waals surface area contributed by atoms with Crippen LogP contribution < -0.4 is 5.32 Å². The molecule has 0 unspecified atom stereocenters. The molecule has 2 N–H and O–H groups in total. The fourth-order valence-corrected chi connectivity index (χ4v) is 2.19. The van der Waals surface area contributed by atoms with Crippen molar-refractivity contribution in [3.8, 4) is 5.75 Å². The van der Waals surface area contributed by atoms with Crippen LogP contribution >= 0.6 is 15.9 Å². The molecule has 0 heterocycles. The summed E-state index contributed by atoms with van der Waals surface area (Å²) in [5.41, 5.74) is 1.41. The van der Waals surface area contributed by atoms with Crippen LogP contribution in [-0.4, -0.2) is 11.0 Å². The molecule has 0 atom stereocenters. The van der Waals surface area contributed by atoms with Crippen molar-refractivity contribution in [3.05, 3.63) is 63.4 Å². The zero-order valence-electron chi connectivity index (χ0n) is 10.8. The fraction of sp³-hybridized carbons (Fsp3) is 0.133. The number of benzene rings is 2. The molecule has 20 heavy (non-hydrogen) atoms. The van der Waals surface area contributed by atoms with E-state index in [9.17, 15) is 14.3 Å². The standard InChI is InChI=1S/C15H13BrFNO2/c1-9-2-4-12(14(19)6-9)15(20)18-8-10-7-11(16)3-5-13(10)17/h2-7,19H,8H2,1H3,(H,18,20). The summed E-state index contributed by atoms with van der Waals surface area (Å²) in [5.74, 6) is -0.916. The molecule has 1 amide bonds. The Balaban J connectivity index is 2.10. The molecule has 0 radical (unpaired) electrons. The summed E-state index contributed by atoms with van der Waals surface area (Å²) < 4.78 is 14.3. The molecule has 5 heteroatoms. The van der Waals surface area contributed by atoms with Gasteiger partial charge in [-0.25, -0.2) is 4.39 Å². The lowest BCUT2D eigenvalue weighted by Crippen LogP contribution is -2.23. The predicted molar refractivity (Wildman–Crippen MR) is 78.1 cm³/mol. The predicted octanol–water partition coefficient (Wildman–Crippen LogP) is 3.53. The third-order valence-corrected chi connectivity index (χ3v) is 3.34.